The number of hydrogen-bond acceptors (Lipinski definition) is 3. The highest BCUT2D eigenvalue weighted by molar-refractivity contribution is 5.92. The zero-order valence-electron chi connectivity index (χ0n) is 14.5. The Balaban J connectivity index is 1.37. The monoisotopic (exact) mass is 335 g/mol. The van der Waals surface area contributed by atoms with Crippen molar-refractivity contribution < 1.29 is 4.79 Å². The Bertz CT molecular complexity index is 677. The predicted octanol–water partition coefficient (Wildman–Crippen LogP) is 2.96. The average molecular weight is 335 g/mol. The van der Waals surface area contributed by atoms with Crippen LogP contribution in [0.3, 0.4) is 0 Å². The van der Waals surface area contributed by atoms with E-state index in [0.717, 1.165) is 38.4 Å². The van der Waals surface area contributed by atoms with Crippen LogP contribution in [-0.2, 0) is 4.79 Å². The van der Waals surface area contributed by atoms with Gasteiger partial charge in [0.15, 0.2) is 0 Å². The number of hydrogen-bond donors (Lipinski definition) is 1. The van der Waals surface area contributed by atoms with Crippen LogP contribution in [0.15, 0.2) is 66.7 Å². The van der Waals surface area contributed by atoms with Gasteiger partial charge in [-0.05, 0) is 17.7 Å². The Morgan fingerprint density at radius 2 is 1.48 bits per heavy atom. The first kappa shape index (κ1) is 17.4. The lowest BCUT2D eigenvalue weighted by Crippen LogP contribution is -2.48. The summed E-state index contributed by atoms with van der Waals surface area (Å²) in [6.45, 7) is 5.28. The molecule has 1 aliphatic rings. The lowest BCUT2D eigenvalue weighted by atomic mass is 10.2. The van der Waals surface area contributed by atoms with Gasteiger partial charge in [-0.15, -0.1) is 0 Å². The van der Waals surface area contributed by atoms with Gasteiger partial charge in [-0.3, -0.25) is 14.6 Å². The molecular weight excluding hydrogens is 310 g/mol. The highest BCUT2D eigenvalue weighted by Crippen LogP contribution is 2.07. The van der Waals surface area contributed by atoms with Gasteiger partial charge in [0.2, 0.25) is 5.91 Å². The maximum absolute atomic E-state index is 12.1. The molecule has 0 radical (unpaired) electrons. The second-order valence-corrected chi connectivity index (χ2v) is 6.30. The summed E-state index contributed by atoms with van der Waals surface area (Å²) in [5.41, 5.74) is 2.09. The van der Waals surface area contributed by atoms with E-state index in [0.29, 0.717) is 6.54 Å². The van der Waals surface area contributed by atoms with Crippen LogP contribution in [0.5, 0.6) is 0 Å². The minimum atomic E-state index is 0.0589. The van der Waals surface area contributed by atoms with Crippen molar-refractivity contribution >= 4 is 17.7 Å². The second kappa shape index (κ2) is 9.16. The molecule has 0 bridgehead atoms. The lowest BCUT2D eigenvalue weighted by molar-refractivity contribution is -0.117. The van der Waals surface area contributed by atoms with Gasteiger partial charge in [0.1, 0.15) is 0 Å². The van der Waals surface area contributed by atoms with Gasteiger partial charge in [-0.25, -0.2) is 0 Å². The summed E-state index contributed by atoms with van der Waals surface area (Å²) < 4.78 is 0. The van der Waals surface area contributed by atoms with E-state index in [4.69, 9.17) is 0 Å². The van der Waals surface area contributed by atoms with E-state index in [1.807, 2.05) is 36.4 Å². The fraction of sp³-hybridized carbons (Fsp3) is 0.286. The molecule has 130 valence electrons. The minimum absolute atomic E-state index is 0.0589. The van der Waals surface area contributed by atoms with Crippen LogP contribution in [0.25, 0.3) is 6.08 Å². The van der Waals surface area contributed by atoms with Crippen LogP contribution in [0.1, 0.15) is 5.56 Å². The molecule has 3 rings (SSSR count). The number of rotatable bonds is 6. The first-order valence-corrected chi connectivity index (χ1v) is 8.81. The van der Waals surface area contributed by atoms with Crippen molar-refractivity contribution in [2.75, 3.05) is 44.6 Å². The third kappa shape index (κ3) is 5.85. The Labute approximate surface area is 149 Å². The highest BCUT2D eigenvalue weighted by atomic mass is 16.2. The van der Waals surface area contributed by atoms with Gasteiger partial charge in [0.25, 0.3) is 0 Å². The molecule has 1 saturated heterocycles. The summed E-state index contributed by atoms with van der Waals surface area (Å²) in [6.07, 6.45) is 4.38. The summed E-state index contributed by atoms with van der Waals surface area (Å²) in [5.74, 6) is 0.0589. The zero-order valence-corrected chi connectivity index (χ0v) is 14.5. The number of nitrogens with zero attached hydrogens (tertiary/aromatic N) is 2. The summed E-state index contributed by atoms with van der Waals surface area (Å²) in [6, 6.07) is 20.0. The maximum Gasteiger partial charge on any atom is 0.238 e. The van der Waals surface area contributed by atoms with E-state index < -0.39 is 0 Å². The van der Waals surface area contributed by atoms with Gasteiger partial charge in [-0.1, -0.05) is 60.7 Å². The molecular formula is C21H25N3O. The van der Waals surface area contributed by atoms with Crippen molar-refractivity contribution in [3.8, 4) is 0 Å². The Morgan fingerprint density at radius 3 is 2.16 bits per heavy atom. The SMILES string of the molecule is O=C(CN1CCN(C/C=C/c2ccccc2)CC1)Nc1ccccc1. The van der Waals surface area contributed by atoms with E-state index in [9.17, 15) is 4.79 Å². The van der Waals surface area contributed by atoms with E-state index in [1.54, 1.807) is 0 Å². The van der Waals surface area contributed by atoms with E-state index >= 15 is 0 Å². The molecule has 1 heterocycles. The van der Waals surface area contributed by atoms with Gasteiger partial charge >= 0.3 is 0 Å². The van der Waals surface area contributed by atoms with Crippen LogP contribution in [0, 0.1) is 0 Å². The van der Waals surface area contributed by atoms with Crippen molar-refractivity contribution in [3.63, 3.8) is 0 Å². The smallest absolute Gasteiger partial charge is 0.238 e. The Kier molecular flexibility index (Phi) is 6.37. The van der Waals surface area contributed by atoms with Gasteiger partial charge < -0.3 is 5.32 Å². The molecule has 2 aromatic carbocycles. The Morgan fingerprint density at radius 1 is 0.880 bits per heavy atom. The normalized spacial score (nSPS) is 16.2. The molecule has 25 heavy (non-hydrogen) atoms. The molecule has 0 spiro atoms. The summed E-state index contributed by atoms with van der Waals surface area (Å²) in [7, 11) is 0. The number of benzene rings is 2. The molecule has 0 unspecified atom stereocenters. The molecule has 0 saturated carbocycles. The van der Waals surface area contributed by atoms with Crippen LogP contribution >= 0.6 is 0 Å². The van der Waals surface area contributed by atoms with E-state index in [-0.39, 0.29) is 5.91 Å². The number of amides is 1. The zero-order chi connectivity index (χ0) is 17.3. The number of carbonyl (C=O) groups excluding carboxylic acids is 1. The molecule has 1 amide bonds. The molecule has 0 aliphatic carbocycles. The molecule has 4 heteroatoms. The predicted molar refractivity (Wildman–Crippen MR) is 103 cm³/mol. The summed E-state index contributed by atoms with van der Waals surface area (Å²) in [5, 5.41) is 2.95. The highest BCUT2D eigenvalue weighted by Gasteiger charge is 2.18. The summed E-state index contributed by atoms with van der Waals surface area (Å²) in [4.78, 5) is 16.8. The fourth-order valence-electron chi connectivity index (χ4n) is 2.96. The molecule has 2 aromatic rings. The number of anilines is 1. The van der Waals surface area contributed by atoms with Crippen LogP contribution < -0.4 is 5.32 Å². The van der Waals surface area contributed by atoms with Crippen LogP contribution in [-0.4, -0.2) is 55.0 Å². The number of para-hydroxylation sites is 1. The van der Waals surface area contributed by atoms with Crippen molar-refractivity contribution in [2.45, 2.75) is 0 Å². The van der Waals surface area contributed by atoms with Gasteiger partial charge in [0.05, 0.1) is 6.54 Å². The number of piperazine rings is 1. The molecule has 1 aliphatic heterocycles. The maximum atomic E-state index is 12.1. The third-order valence-electron chi connectivity index (χ3n) is 4.36. The topological polar surface area (TPSA) is 35.6 Å². The van der Waals surface area contributed by atoms with Crippen LogP contribution in [0.4, 0.5) is 5.69 Å². The second-order valence-electron chi connectivity index (χ2n) is 6.30. The van der Waals surface area contributed by atoms with Crippen molar-refractivity contribution in [3.05, 3.63) is 72.3 Å². The van der Waals surface area contributed by atoms with Crippen molar-refractivity contribution in [1.82, 2.24) is 9.80 Å². The first-order valence-electron chi connectivity index (χ1n) is 8.81. The third-order valence-corrected chi connectivity index (χ3v) is 4.36. The van der Waals surface area contributed by atoms with Crippen LogP contribution in [0.2, 0.25) is 0 Å². The van der Waals surface area contributed by atoms with E-state index in [2.05, 4.69) is 51.5 Å². The standard InChI is InChI=1S/C21H25N3O/c25-21(22-20-11-5-2-6-12-20)18-24-16-14-23(15-17-24)13-7-10-19-8-3-1-4-9-19/h1-12H,13-18H2,(H,22,25)/b10-7+. The first-order chi connectivity index (χ1) is 12.3. The quantitative estimate of drug-likeness (QED) is 0.882. The minimum Gasteiger partial charge on any atom is -0.325 e. The largest absolute Gasteiger partial charge is 0.325 e. The molecule has 4 nitrogen and oxygen atoms in total. The van der Waals surface area contributed by atoms with Gasteiger partial charge in [0, 0.05) is 38.4 Å². The molecule has 1 N–H and O–H groups in total. The average Bonchev–Trinajstić information content (AvgIpc) is 2.65. The molecule has 1 fully saturated rings. The molecule has 0 atom stereocenters. The summed E-state index contributed by atoms with van der Waals surface area (Å²) >= 11 is 0. The molecule has 0 aromatic heterocycles. The van der Waals surface area contributed by atoms with E-state index in [1.165, 1.54) is 5.56 Å². The lowest BCUT2D eigenvalue weighted by Gasteiger charge is -2.33. The van der Waals surface area contributed by atoms with Crippen molar-refractivity contribution in [2.24, 2.45) is 0 Å². The number of nitrogens with one attached hydrogen (secondary N) is 1. The van der Waals surface area contributed by atoms with Gasteiger partial charge in [-0.2, -0.15) is 0 Å². The Hall–Kier alpha value is -2.43. The number of carbonyl (C=O) groups is 1. The van der Waals surface area contributed by atoms with Crippen molar-refractivity contribution in [1.29, 1.82) is 0 Å². The fourth-order valence-corrected chi connectivity index (χ4v) is 2.96.